The van der Waals surface area contributed by atoms with E-state index in [0.717, 1.165) is 24.6 Å². The molecule has 0 saturated heterocycles. The molecule has 1 fully saturated rings. The molecule has 0 amide bonds. The molecule has 0 heterocycles. The lowest BCUT2D eigenvalue weighted by Crippen LogP contribution is -2.23. The van der Waals surface area contributed by atoms with Crippen LogP contribution >= 0.6 is 0 Å². The van der Waals surface area contributed by atoms with Crippen LogP contribution in [0.5, 0.6) is 11.5 Å². The SMILES string of the molecule is CCC1(CNCc2ccc(OC(C)C)c(OC)c2)CC1. The second-order valence-electron chi connectivity index (χ2n) is 6.11. The van der Waals surface area contributed by atoms with Crippen molar-refractivity contribution >= 4 is 0 Å². The smallest absolute Gasteiger partial charge is 0.161 e. The van der Waals surface area contributed by atoms with Gasteiger partial charge in [-0.1, -0.05) is 13.0 Å². The fourth-order valence-corrected chi connectivity index (χ4v) is 2.48. The summed E-state index contributed by atoms with van der Waals surface area (Å²) in [6.45, 7) is 8.34. The predicted molar refractivity (Wildman–Crippen MR) is 82.4 cm³/mol. The van der Waals surface area contributed by atoms with Crippen molar-refractivity contribution < 1.29 is 9.47 Å². The van der Waals surface area contributed by atoms with Gasteiger partial charge < -0.3 is 14.8 Å². The molecular weight excluding hydrogens is 250 g/mol. The number of hydrogen-bond acceptors (Lipinski definition) is 3. The monoisotopic (exact) mass is 277 g/mol. The predicted octanol–water partition coefficient (Wildman–Crippen LogP) is 3.76. The average Bonchev–Trinajstić information content (AvgIpc) is 3.20. The highest BCUT2D eigenvalue weighted by Crippen LogP contribution is 2.47. The quantitative estimate of drug-likeness (QED) is 0.784. The van der Waals surface area contributed by atoms with Gasteiger partial charge >= 0.3 is 0 Å². The minimum absolute atomic E-state index is 0.159. The second kappa shape index (κ2) is 6.49. The molecule has 3 heteroatoms. The van der Waals surface area contributed by atoms with Crippen LogP contribution < -0.4 is 14.8 Å². The number of hydrogen-bond donors (Lipinski definition) is 1. The third-order valence-corrected chi connectivity index (χ3v) is 4.13. The highest BCUT2D eigenvalue weighted by Gasteiger charge is 2.39. The fraction of sp³-hybridized carbons (Fsp3) is 0.647. The van der Waals surface area contributed by atoms with Gasteiger partial charge in [0.1, 0.15) is 0 Å². The molecular formula is C17H27NO2. The molecule has 2 rings (SSSR count). The lowest BCUT2D eigenvalue weighted by Gasteiger charge is -2.16. The summed E-state index contributed by atoms with van der Waals surface area (Å²) in [6.07, 6.45) is 4.19. The van der Waals surface area contributed by atoms with Crippen LogP contribution in [0.3, 0.4) is 0 Å². The van der Waals surface area contributed by atoms with Crippen molar-refractivity contribution in [2.24, 2.45) is 5.41 Å². The van der Waals surface area contributed by atoms with Crippen LogP contribution in [0.25, 0.3) is 0 Å². The zero-order chi connectivity index (χ0) is 14.6. The molecule has 1 aromatic rings. The first-order chi connectivity index (χ1) is 9.58. The lowest BCUT2D eigenvalue weighted by molar-refractivity contribution is 0.230. The molecule has 0 aromatic heterocycles. The number of nitrogens with one attached hydrogen (secondary N) is 1. The van der Waals surface area contributed by atoms with Crippen LogP contribution in [0.4, 0.5) is 0 Å². The molecule has 0 radical (unpaired) electrons. The van der Waals surface area contributed by atoms with E-state index in [1.165, 1.54) is 24.8 Å². The van der Waals surface area contributed by atoms with E-state index >= 15 is 0 Å². The Morgan fingerprint density at radius 3 is 2.55 bits per heavy atom. The van der Waals surface area contributed by atoms with Crippen LogP contribution in [0, 0.1) is 5.41 Å². The van der Waals surface area contributed by atoms with Gasteiger partial charge in [-0.05, 0) is 56.2 Å². The first-order valence-electron chi connectivity index (χ1n) is 7.63. The number of rotatable bonds is 8. The molecule has 20 heavy (non-hydrogen) atoms. The Hall–Kier alpha value is -1.22. The summed E-state index contributed by atoms with van der Waals surface area (Å²) in [5.41, 5.74) is 1.83. The summed E-state index contributed by atoms with van der Waals surface area (Å²) < 4.78 is 11.1. The Kier molecular flexibility index (Phi) is 4.92. The van der Waals surface area contributed by atoms with Crippen LogP contribution in [-0.4, -0.2) is 19.8 Å². The van der Waals surface area contributed by atoms with Gasteiger partial charge in [-0.3, -0.25) is 0 Å². The third kappa shape index (κ3) is 3.89. The Morgan fingerprint density at radius 1 is 1.25 bits per heavy atom. The molecule has 1 aliphatic carbocycles. The maximum absolute atomic E-state index is 5.73. The van der Waals surface area contributed by atoms with Gasteiger partial charge in [-0.25, -0.2) is 0 Å². The van der Waals surface area contributed by atoms with E-state index in [-0.39, 0.29) is 6.10 Å². The molecule has 3 nitrogen and oxygen atoms in total. The first-order valence-corrected chi connectivity index (χ1v) is 7.63. The van der Waals surface area contributed by atoms with Crippen LogP contribution in [0.1, 0.15) is 45.6 Å². The minimum atomic E-state index is 0.159. The summed E-state index contributed by atoms with van der Waals surface area (Å²) in [5.74, 6) is 1.63. The van der Waals surface area contributed by atoms with Crippen LogP contribution in [0.15, 0.2) is 18.2 Å². The van der Waals surface area contributed by atoms with Crippen LogP contribution in [0.2, 0.25) is 0 Å². The van der Waals surface area contributed by atoms with Gasteiger partial charge in [0.2, 0.25) is 0 Å². The Bertz CT molecular complexity index is 439. The molecule has 0 aliphatic heterocycles. The first kappa shape index (κ1) is 15.2. The van der Waals surface area contributed by atoms with Crippen molar-refractivity contribution in [3.8, 4) is 11.5 Å². The van der Waals surface area contributed by atoms with Crippen molar-refractivity contribution in [3.63, 3.8) is 0 Å². The Labute approximate surface area is 122 Å². The molecule has 1 N–H and O–H groups in total. The topological polar surface area (TPSA) is 30.5 Å². The average molecular weight is 277 g/mol. The van der Waals surface area contributed by atoms with Crippen molar-refractivity contribution in [1.82, 2.24) is 5.32 Å². The van der Waals surface area contributed by atoms with Gasteiger partial charge in [0, 0.05) is 13.1 Å². The van der Waals surface area contributed by atoms with Crippen molar-refractivity contribution in [1.29, 1.82) is 0 Å². The summed E-state index contributed by atoms with van der Waals surface area (Å²) in [6, 6.07) is 6.18. The molecule has 1 aliphatic rings. The summed E-state index contributed by atoms with van der Waals surface area (Å²) >= 11 is 0. The summed E-state index contributed by atoms with van der Waals surface area (Å²) in [4.78, 5) is 0. The van der Waals surface area contributed by atoms with Crippen molar-refractivity contribution in [3.05, 3.63) is 23.8 Å². The third-order valence-electron chi connectivity index (χ3n) is 4.13. The fourth-order valence-electron chi connectivity index (χ4n) is 2.48. The Balaban J connectivity index is 1.91. The van der Waals surface area contributed by atoms with Gasteiger partial charge in [-0.2, -0.15) is 0 Å². The van der Waals surface area contributed by atoms with Gasteiger partial charge in [0.25, 0.3) is 0 Å². The minimum Gasteiger partial charge on any atom is -0.493 e. The standard InChI is InChI=1S/C17H27NO2/c1-5-17(8-9-17)12-18-11-14-6-7-15(20-13(2)3)16(10-14)19-4/h6-7,10,13,18H,5,8-9,11-12H2,1-4H3. The highest BCUT2D eigenvalue weighted by atomic mass is 16.5. The zero-order valence-electron chi connectivity index (χ0n) is 13.2. The number of methoxy groups -OCH3 is 1. The molecule has 1 saturated carbocycles. The van der Waals surface area contributed by atoms with Crippen molar-refractivity contribution in [2.75, 3.05) is 13.7 Å². The van der Waals surface area contributed by atoms with Gasteiger partial charge in [0.05, 0.1) is 13.2 Å². The summed E-state index contributed by atoms with van der Waals surface area (Å²) in [5, 5.41) is 3.57. The van der Waals surface area contributed by atoms with Crippen molar-refractivity contribution in [2.45, 2.75) is 52.7 Å². The Morgan fingerprint density at radius 2 is 2.00 bits per heavy atom. The second-order valence-corrected chi connectivity index (χ2v) is 6.11. The highest BCUT2D eigenvalue weighted by molar-refractivity contribution is 5.43. The summed E-state index contributed by atoms with van der Waals surface area (Å²) in [7, 11) is 1.69. The molecule has 0 spiro atoms. The lowest BCUT2D eigenvalue weighted by atomic mass is 10.0. The molecule has 1 aromatic carbocycles. The zero-order valence-corrected chi connectivity index (χ0v) is 13.2. The maximum Gasteiger partial charge on any atom is 0.161 e. The largest absolute Gasteiger partial charge is 0.493 e. The van der Waals surface area contributed by atoms with E-state index in [2.05, 4.69) is 24.4 Å². The molecule has 0 bridgehead atoms. The van der Waals surface area contributed by atoms with Crippen LogP contribution in [-0.2, 0) is 6.54 Å². The van der Waals surface area contributed by atoms with E-state index in [4.69, 9.17) is 9.47 Å². The van der Waals surface area contributed by atoms with E-state index in [1.54, 1.807) is 7.11 Å². The normalized spacial score (nSPS) is 16.2. The van der Waals surface area contributed by atoms with E-state index in [9.17, 15) is 0 Å². The number of ether oxygens (including phenoxy) is 2. The molecule has 0 unspecified atom stereocenters. The molecule has 0 atom stereocenters. The van der Waals surface area contributed by atoms with E-state index < -0.39 is 0 Å². The number of benzene rings is 1. The maximum atomic E-state index is 5.73. The van der Waals surface area contributed by atoms with E-state index in [0.29, 0.717) is 5.41 Å². The van der Waals surface area contributed by atoms with E-state index in [1.807, 2.05) is 19.9 Å². The van der Waals surface area contributed by atoms with Gasteiger partial charge in [-0.15, -0.1) is 0 Å². The van der Waals surface area contributed by atoms with Gasteiger partial charge in [0.15, 0.2) is 11.5 Å². The molecule has 112 valence electrons.